The maximum atomic E-state index is 12.4. The van der Waals surface area contributed by atoms with Crippen LogP contribution in [0.1, 0.15) is 40.0 Å². The van der Waals surface area contributed by atoms with Gasteiger partial charge in [0, 0.05) is 31.7 Å². The molecule has 1 saturated heterocycles. The van der Waals surface area contributed by atoms with E-state index >= 15 is 0 Å². The molecule has 4 amide bonds. The molecule has 2 aliphatic rings. The molecule has 0 spiro atoms. The predicted octanol–water partition coefficient (Wildman–Crippen LogP) is 1.10. The number of phosphoric acid groups is 1. The molecule has 31 heavy (non-hydrogen) atoms. The summed E-state index contributed by atoms with van der Waals surface area (Å²) in [6.45, 7) is 5.82. The lowest BCUT2D eigenvalue weighted by molar-refractivity contribution is -0.225. The number of carbonyl (C=O) groups excluding carboxylic acids is 4. The Balaban J connectivity index is 1.66. The van der Waals surface area contributed by atoms with Crippen molar-refractivity contribution >= 4 is 43.2 Å². The number of imide groups is 2. The Labute approximate surface area is 185 Å². The SMILES string of the molecule is CC(C)(C)CCOP(=O)([O-])OCCCSC1CC(=O)N(CCN2C(=O)C=CC2=O)C1=O. The first kappa shape index (κ1) is 25.7. The zero-order valence-electron chi connectivity index (χ0n) is 17.9. The zero-order valence-corrected chi connectivity index (χ0v) is 19.6. The highest BCUT2D eigenvalue weighted by Gasteiger charge is 2.39. The largest absolute Gasteiger partial charge is 0.756 e. The fourth-order valence-corrected chi connectivity index (χ4v) is 4.67. The summed E-state index contributed by atoms with van der Waals surface area (Å²) in [5.41, 5.74) is -0.0494. The van der Waals surface area contributed by atoms with Gasteiger partial charge in [-0.05, 0) is 24.0 Å². The van der Waals surface area contributed by atoms with Gasteiger partial charge < -0.3 is 13.9 Å². The summed E-state index contributed by atoms with van der Waals surface area (Å²) in [6, 6.07) is 0. The van der Waals surface area contributed by atoms with E-state index in [2.05, 4.69) is 0 Å². The Kier molecular flexibility index (Phi) is 9.03. The van der Waals surface area contributed by atoms with E-state index in [-0.39, 0.29) is 50.0 Å². The van der Waals surface area contributed by atoms with E-state index in [1.54, 1.807) is 0 Å². The molecule has 2 heterocycles. The van der Waals surface area contributed by atoms with Crippen molar-refractivity contribution in [3.05, 3.63) is 12.2 Å². The zero-order chi connectivity index (χ0) is 23.2. The van der Waals surface area contributed by atoms with Gasteiger partial charge in [-0.25, -0.2) is 0 Å². The maximum Gasteiger partial charge on any atom is 0.267 e. The van der Waals surface area contributed by atoms with Crippen LogP contribution in [-0.2, 0) is 32.8 Å². The Hall–Kier alpha value is -1.52. The van der Waals surface area contributed by atoms with E-state index in [9.17, 15) is 28.6 Å². The first-order chi connectivity index (χ1) is 14.4. The van der Waals surface area contributed by atoms with Crippen LogP contribution in [0, 0.1) is 5.41 Å². The van der Waals surface area contributed by atoms with Crippen LogP contribution in [0.4, 0.5) is 0 Å². The van der Waals surface area contributed by atoms with Gasteiger partial charge in [0.25, 0.3) is 19.6 Å². The van der Waals surface area contributed by atoms with Crippen molar-refractivity contribution in [2.75, 3.05) is 32.1 Å². The van der Waals surface area contributed by atoms with Gasteiger partial charge in [0.05, 0.1) is 18.5 Å². The molecule has 2 rings (SSSR count). The van der Waals surface area contributed by atoms with Gasteiger partial charge in [0.1, 0.15) is 0 Å². The van der Waals surface area contributed by atoms with Crippen molar-refractivity contribution in [1.29, 1.82) is 0 Å². The molecule has 0 saturated carbocycles. The molecule has 12 heteroatoms. The quantitative estimate of drug-likeness (QED) is 0.231. The number of hydrogen-bond donors (Lipinski definition) is 0. The lowest BCUT2D eigenvalue weighted by Crippen LogP contribution is -2.41. The third-order valence-electron chi connectivity index (χ3n) is 4.61. The molecule has 2 unspecified atom stereocenters. The van der Waals surface area contributed by atoms with Crippen LogP contribution in [-0.4, -0.2) is 70.7 Å². The number of nitrogens with zero attached hydrogens (tertiary/aromatic N) is 2. The summed E-state index contributed by atoms with van der Waals surface area (Å²) in [7, 11) is -4.36. The second-order valence-electron chi connectivity index (χ2n) is 8.39. The van der Waals surface area contributed by atoms with Gasteiger partial charge in [-0.15, -0.1) is 11.8 Å². The molecule has 0 bridgehead atoms. The first-order valence-electron chi connectivity index (χ1n) is 9.99. The smallest absolute Gasteiger partial charge is 0.267 e. The summed E-state index contributed by atoms with van der Waals surface area (Å²) >= 11 is 1.25. The lowest BCUT2D eigenvalue weighted by atomic mass is 9.93. The summed E-state index contributed by atoms with van der Waals surface area (Å²) in [5, 5.41) is -0.572. The normalized spacial score (nSPS) is 21.5. The van der Waals surface area contributed by atoms with E-state index in [0.717, 1.165) is 22.0 Å². The number of rotatable bonds is 12. The molecular weight excluding hydrogens is 447 g/mol. The summed E-state index contributed by atoms with van der Waals surface area (Å²) in [5.74, 6) is -1.24. The van der Waals surface area contributed by atoms with Crippen LogP contribution in [0.3, 0.4) is 0 Å². The Bertz CT molecular complexity index is 776. The van der Waals surface area contributed by atoms with Gasteiger partial charge in [0.2, 0.25) is 11.8 Å². The minimum atomic E-state index is -4.36. The number of amides is 4. The molecule has 10 nitrogen and oxygen atoms in total. The standard InChI is InChI=1S/C19H29N2O8PS/c1-19(2,3)7-11-29-30(26,27)28-10-4-12-31-14-13-17(24)21(18(14)25)9-8-20-15(22)5-6-16(20)23/h5-6,14H,4,7-13H2,1-3H3,(H,26,27)/p-1. The summed E-state index contributed by atoms with van der Waals surface area (Å²) in [4.78, 5) is 61.4. The molecule has 0 radical (unpaired) electrons. The highest BCUT2D eigenvalue weighted by molar-refractivity contribution is 8.00. The Morgan fingerprint density at radius 1 is 1.06 bits per heavy atom. The number of hydrogen-bond acceptors (Lipinski definition) is 9. The van der Waals surface area contributed by atoms with E-state index in [1.165, 1.54) is 11.8 Å². The van der Waals surface area contributed by atoms with Crippen molar-refractivity contribution in [3.63, 3.8) is 0 Å². The molecule has 0 aromatic carbocycles. The van der Waals surface area contributed by atoms with Gasteiger partial charge in [-0.1, -0.05) is 20.8 Å². The van der Waals surface area contributed by atoms with Crippen LogP contribution in [0.5, 0.6) is 0 Å². The molecule has 0 N–H and O–H groups in total. The van der Waals surface area contributed by atoms with Crippen LogP contribution in [0.2, 0.25) is 0 Å². The predicted molar refractivity (Wildman–Crippen MR) is 112 cm³/mol. The molecular formula is C19H28N2O8PS-. The average Bonchev–Trinajstić information content (AvgIpc) is 3.10. The highest BCUT2D eigenvalue weighted by atomic mass is 32.2. The highest BCUT2D eigenvalue weighted by Crippen LogP contribution is 2.39. The van der Waals surface area contributed by atoms with Gasteiger partial charge >= 0.3 is 0 Å². The number of carbonyl (C=O) groups is 4. The second kappa shape index (κ2) is 10.9. The fraction of sp³-hybridized carbons (Fsp3) is 0.684. The van der Waals surface area contributed by atoms with E-state index in [1.807, 2.05) is 20.8 Å². The van der Waals surface area contributed by atoms with Crippen LogP contribution >= 0.6 is 19.6 Å². The van der Waals surface area contributed by atoms with E-state index in [4.69, 9.17) is 9.05 Å². The summed E-state index contributed by atoms with van der Waals surface area (Å²) in [6.07, 6.45) is 3.25. The molecule has 0 aromatic heterocycles. The Morgan fingerprint density at radius 3 is 2.26 bits per heavy atom. The van der Waals surface area contributed by atoms with E-state index in [0.29, 0.717) is 18.6 Å². The first-order valence-corrected chi connectivity index (χ1v) is 12.5. The number of thioether (sulfide) groups is 1. The minimum absolute atomic E-state index is 0.0282. The van der Waals surface area contributed by atoms with Gasteiger partial charge in [-0.2, -0.15) is 0 Å². The molecule has 0 aromatic rings. The van der Waals surface area contributed by atoms with Crippen molar-refractivity contribution in [2.24, 2.45) is 5.41 Å². The number of phosphoric ester groups is 1. The monoisotopic (exact) mass is 475 g/mol. The number of likely N-dealkylation sites (tertiary alicyclic amines) is 1. The van der Waals surface area contributed by atoms with Crippen LogP contribution < -0.4 is 4.89 Å². The third-order valence-corrected chi connectivity index (χ3v) is 6.90. The molecule has 0 aliphatic carbocycles. The van der Waals surface area contributed by atoms with Crippen molar-refractivity contribution < 1.29 is 37.7 Å². The minimum Gasteiger partial charge on any atom is -0.756 e. The summed E-state index contributed by atoms with van der Waals surface area (Å²) < 4.78 is 21.4. The second-order valence-corrected chi connectivity index (χ2v) is 11.1. The molecule has 2 atom stereocenters. The fourth-order valence-electron chi connectivity index (χ4n) is 2.83. The van der Waals surface area contributed by atoms with Crippen LogP contribution in [0.15, 0.2) is 12.2 Å². The third kappa shape index (κ3) is 8.16. The maximum absolute atomic E-state index is 12.4. The van der Waals surface area contributed by atoms with Crippen LogP contribution in [0.25, 0.3) is 0 Å². The van der Waals surface area contributed by atoms with E-state index < -0.39 is 24.9 Å². The molecule has 174 valence electrons. The Morgan fingerprint density at radius 2 is 1.65 bits per heavy atom. The van der Waals surface area contributed by atoms with Gasteiger partial charge in [-0.3, -0.25) is 33.5 Å². The average molecular weight is 475 g/mol. The van der Waals surface area contributed by atoms with Gasteiger partial charge in [0.15, 0.2) is 0 Å². The topological polar surface area (TPSA) is 133 Å². The molecule has 2 aliphatic heterocycles. The van der Waals surface area contributed by atoms with Crippen molar-refractivity contribution in [1.82, 2.24) is 9.80 Å². The van der Waals surface area contributed by atoms with Crippen molar-refractivity contribution in [2.45, 2.75) is 45.3 Å². The lowest BCUT2D eigenvalue weighted by Gasteiger charge is -2.25. The van der Waals surface area contributed by atoms with Crippen molar-refractivity contribution in [3.8, 4) is 0 Å². The molecule has 1 fully saturated rings.